The van der Waals surface area contributed by atoms with E-state index in [0.29, 0.717) is 0 Å². The molecule has 0 radical (unpaired) electrons. The van der Waals surface area contributed by atoms with E-state index in [1.807, 2.05) is 6.20 Å². The molecule has 3 nitrogen and oxygen atoms in total. The first-order chi connectivity index (χ1) is 13.2. The van der Waals surface area contributed by atoms with Crippen LogP contribution in [0.5, 0.6) is 0 Å². The lowest BCUT2D eigenvalue weighted by atomic mass is 10.1. The summed E-state index contributed by atoms with van der Waals surface area (Å²) in [5.74, 6) is 2.88. The molecule has 0 spiro atoms. The summed E-state index contributed by atoms with van der Waals surface area (Å²) in [6.07, 6.45) is 11.3. The molecule has 0 saturated heterocycles. The van der Waals surface area contributed by atoms with Gasteiger partial charge in [0, 0.05) is 36.2 Å². The lowest BCUT2D eigenvalue weighted by molar-refractivity contribution is 0.664. The summed E-state index contributed by atoms with van der Waals surface area (Å²) in [5, 5.41) is 3.65. The average Bonchev–Trinajstić information content (AvgIpc) is 3.57. The van der Waals surface area contributed by atoms with Crippen LogP contribution in [-0.2, 0) is 6.42 Å². The van der Waals surface area contributed by atoms with Crippen LogP contribution in [0.3, 0.4) is 0 Å². The molecule has 2 aliphatic carbocycles. The van der Waals surface area contributed by atoms with Crippen LogP contribution in [0, 0.1) is 18.8 Å². The molecule has 2 saturated carbocycles. The van der Waals surface area contributed by atoms with Gasteiger partial charge in [-0.25, -0.2) is 4.98 Å². The van der Waals surface area contributed by atoms with E-state index >= 15 is 0 Å². The van der Waals surface area contributed by atoms with E-state index in [0.717, 1.165) is 30.6 Å². The maximum atomic E-state index is 4.77. The zero-order valence-corrected chi connectivity index (χ0v) is 16.9. The van der Waals surface area contributed by atoms with Crippen LogP contribution in [0.4, 0.5) is 17.2 Å². The molecule has 2 aromatic rings. The highest BCUT2D eigenvalue weighted by Gasteiger charge is 2.27. The van der Waals surface area contributed by atoms with Crippen LogP contribution in [-0.4, -0.2) is 18.1 Å². The van der Waals surface area contributed by atoms with E-state index in [4.69, 9.17) is 4.98 Å². The van der Waals surface area contributed by atoms with E-state index in [1.54, 1.807) is 0 Å². The van der Waals surface area contributed by atoms with Crippen molar-refractivity contribution >= 4 is 17.2 Å². The minimum absolute atomic E-state index is 0.845. The first-order valence-electron chi connectivity index (χ1n) is 10.8. The molecule has 1 aromatic heterocycles. The SMILES string of the molecule is CCCN(CCC1CC1)c1ccnc(Nc2ccccc2C)c1CC1CC1. The molecule has 1 N–H and O–H groups in total. The van der Waals surface area contributed by atoms with Gasteiger partial charge in [-0.05, 0) is 68.6 Å². The summed E-state index contributed by atoms with van der Waals surface area (Å²) in [6.45, 7) is 6.77. The van der Waals surface area contributed by atoms with Gasteiger partial charge in [0.2, 0.25) is 0 Å². The minimum Gasteiger partial charge on any atom is -0.371 e. The van der Waals surface area contributed by atoms with Gasteiger partial charge in [-0.15, -0.1) is 0 Å². The minimum atomic E-state index is 0.845. The summed E-state index contributed by atoms with van der Waals surface area (Å²) < 4.78 is 0. The highest BCUT2D eigenvalue weighted by atomic mass is 15.1. The fourth-order valence-electron chi connectivity index (χ4n) is 3.91. The van der Waals surface area contributed by atoms with Crippen LogP contribution >= 0.6 is 0 Å². The number of benzene rings is 1. The molecule has 0 bridgehead atoms. The van der Waals surface area contributed by atoms with Crippen LogP contribution in [0.1, 0.15) is 56.6 Å². The quantitative estimate of drug-likeness (QED) is 0.552. The van der Waals surface area contributed by atoms with Crippen molar-refractivity contribution in [2.24, 2.45) is 11.8 Å². The maximum absolute atomic E-state index is 4.77. The Labute approximate surface area is 164 Å². The number of hydrogen-bond donors (Lipinski definition) is 1. The molecule has 0 amide bonds. The van der Waals surface area contributed by atoms with Crippen LogP contribution in [0.25, 0.3) is 0 Å². The number of aryl methyl sites for hydroxylation is 1. The molecule has 2 fully saturated rings. The highest BCUT2D eigenvalue weighted by Crippen LogP contribution is 2.39. The first-order valence-corrected chi connectivity index (χ1v) is 10.8. The van der Waals surface area contributed by atoms with Crippen LogP contribution in [0.15, 0.2) is 36.5 Å². The summed E-state index contributed by atoms with van der Waals surface area (Å²) in [6, 6.07) is 10.8. The van der Waals surface area contributed by atoms with Gasteiger partial charge in [-0.1, -0.05) is 38.0 Å². The van der Waals surface area contributed by atoms with Gasteiger partial charge in [0.1, 0.15) is 5.82 Å². The Hall–Kier alpha value is -2.03. The standard InChI is InChI=1S/C24H33N3/c1-3-15-27(16-13-19-8-9-19)23-12-14-25-24(21(23)17-20-10-11-20)26-22-7-5-4-6-18(22)2/h4-7,12,14,19-20H,3,8-11,13,15-17H2,1-2H3,(H,25,26). The Balaban J connectivity index is 1.63. The van der Waals surface area contributed by atoms with Crippen molar-refractivity contribution < 1.29 is 0 Å². The van der Waals surface area contributed by atoms with E-state index in [2.05, 4.69) is 54.4 Å². The lowest BCUT2D eigenvalue weighted by Gasteiger charge is -2.28. The zero-order valence-electron chi connectivity index (χ0n) is 16.9. The predicted molar refractivity (Wildman–Crippen MR) is 115 cm³/mol. The van der Waals surface area contributed by atoms with Gasteiger partial charge in [-0.3, -0.25) is 0 Å². The second kappa shape index (κ2) is 8.33. The molecule has 2 aliphatic rings. The highest BCUT2D eigenvalue weighted by molar-refractivity contribution is 5.69. The van der Waals surface area contributed by atoms with Gasteiger partial charge in [0.25, 0.3) is 0 Å². The Kier molecular flexibility index (Phi) is 5.66. The monoisotopic (exact) mass is 363 g/mol. The number of nitrogens with one attached hydrogen (secondary N) is 1. The Morgan fingerprint density at radius 1 is 1.04 bits per heavy atom. The van der Waals surface area contributed by atoms with Crippen molar-refractivity contribution in [1.29, 1.82) is 0 Å². The summed E-state index contributed by atoms with van der Waals surface area (Å²) in [5.41, 5.74) is 5.27. The Bertz CT molecular complexity index is 762. The third kappa shape index (κ3) is 4.82. The molecule has 27 heavy (non-hydrogen) atoms. The predicted octanol–water partition coefficient (Wildman–Crippen LogP) is 6.10. The topological polar surface area (TPSA) is 28.2 Å². The van der Waals surface area contributed by atoms with Gasteiger partial charge < -0.3 is 10.2 Å². The molecular weight excluding hydrogens is 330 g/mol. The largest absolute Gasteiger partial charge is 0.371 e. The summed E-state index contributed by atoms with van der Waals surface area (Å²) in [4.78, 5) is 7.39. The van der Waals surface area contributed by atoms with Crippen LogP contribution < -0.4 is 10.2 Å². The van der Waals surface area contributed by atoms with Crippen molar-refractivity contribution in [3.63, 3.8) is 0 Å². The number of anilines is 3. The first kappa shape index (κ1) is 18.3. The molecule has 0 unspecified atom stereocenters. The van der Waals surface area contributed by atoms with Gasteiger partial charge >= 0.3 is 0 Å². The van der Waals surface area contributed by atoms with E-state index in [-0.39, 0.29) is 0 Å². The molecule has 144 valence electrons. The molecule has 0 atom stereocenters. The Morgan fingerprint density at radius 3 is 2.52 bits per heavy atom. The molecule has 1 heterocycles. The second-order valence-corrected chi connectivity index (χ2v) is 8.46. The smallest absolute Gasteiger partial charge is 0.135 e. The second-order valence-electron chi connectivity index (χ2n) is 8.46. The van der Waals surface area contributed by atoms with E-state index in [1.165, 1.54) is 67.6 Å². The lowest BCUT2D eigenvalue weighted by Crippen LogP contribution is -2.27. The summed E-state index contributed by atoms with van der Waals surface area (Å²) >= 11 is 0. The van der Waals surface area contributed by atoms with Crippen molar-refractivity contribution in [3.05, 3.63) is 47.7 Å². The van der Waals surface area contributed by atoms with Crippen LogP contribution in [0.2, 0.25) is 0 Å². The third-order valence-electron chi connectivity index (χ3n) is 5.96. The van der Waals surface area contributed by atoms with Crippen molar-refractivity contribution in [2.45, 2.75) is 58.8 Å². The van der Waals surface area contributed by atoms with E-state index < -0.39 is 0 Å². The maximum Gasteiger partial charge on any atom is 0.135 e. The van der Waals surface area contributed by atoms with Gasteiger partial charge in [-0.2, -0.15) is 0 Å². The van der Waals surface area contributed by atoms with Gasteiger partial charge in [0.15, 0.2) is 0 Å². The number of para-hydroxylation sites is 1. The zero-order chi connectivity index (χ0) is 18.6. The molecule has 0 aliphatic heterocycles. The average molecular weight is 364 g/mol. The van der Waals surface area contributed by atoms with E-state index in [9.17, 15) is 0 Å². The number of aromatic nitrogens is 1. The molecule has 4 rings (SSSR count). The molecular formula is C24H33N3. The molecule has 1 aromatic carbocycles. The normalized spacial score (nSPS) is 16.4. The number of nitrogens with zero attached hydrogens (tertiary/aromatic N) is 2. The number of rotatable bonds is 10. The fraction of sp³-hybridized carbons (Fsp3) is 0.542. The summed E-state index contributed by atoms with van der Waals surface area (Å²) in [7, 11) is 0. The fourth-order valence-corrected chi connectivity index (χ4v) is 3.91. The molecule has 3 heteroatoms. The Morgan fingerprint density at radius 2 is 1.81 bits per heavy atom. The van der Waals surface area contributed by atoms with Gasteiger partial charge in [0.05, 0.1) is 0 Å². The number of hydrogen-bond acceptors (Lipinski definition) is 3. The van der Waals surface area contributed by atoms with Crippen molar-refractivity contribution in [1.82, 2.24) is 4.98 Å². The van der Waals surface area contributed by atoms with Crippen molar-refractivity contribution in [2.75, 3.05) is 23.3 Å². The third-order valence-corrected chi connectivity index (χ3v) is 5.96. The van der Waals surface area contributed by atoms with Crippen molar-refractivity contribution in [3.8, 4) is 0 Å². The number of pyridine rings is 1.